The van der Waals surface area contributed by atoms with E-state index in [9.17, 15) is 9.90 Å². The highest BCUT2D eigenvalue weighted by Crippen LogP contribution is 2.25. The van der Waals surface area contributed by atoms with Crippen molar-refractivity contribution in [2.45, 2.75) is 19.9 Å². The lowest BCUT2D eigenvalue weighted by atomic mass is 10.1. The third-order valence-corrected chi connectivity index (χ3v) is 3.59. The smallest absolute Gasteiger partial charge is 0.259 e. The summed E-state index contributed by atoms with van der Waals surface area (Å²) in [6, 6.07) is 12.9. The Kier molecular flexibility index (Phi) is 4.60. The Morgan fingerprint density at radius 1 is 1.14 bits per heavy atom. The Hall–Kier alpha value is -2.33. The second-order valence-corrected chi connectivity index (χ2v) is 5.02. The summed E-state index contributed by atoms with van der Waals surface area (Å²) in [5, 5.41) is 16.0. The Morgan fingerprint density at radius 2 is 1.86 bits per heavy atom. The van der Waals surface area contributed by atoms with Crippen LogP contribution in [0.25, 0.3) is 0 Å². The number of amides is 1. The maximum Gasteiger partial charge on any atom is 0.259 e. The van der Waals surface area contributed by atoms with Crippen LogP contribution in [0.5, 0.6) is 5.75 Å². The summed E-state index contributed by atoms with van der Waals surface area (Å²) in [5.41, 5.74) is 2.70. The van der Waals surface area contributed by atoms with Crippen molar-refractivity contribution < 1.29 is 9.90 Å². The highest BCUT2D eigenvalue weighted by Gasteiger charge is 2.15. The average Bonchev–Trinajstić information content (AvgIpc) is 2.49. The number of anilines is 1. The molecule has 0 spiro atoms. The number of carbonyl (C=O) groups excluding carboxylic acids is 1. The van der Waals surface area contributed by atoms with Gasteiger partial charge in [-0.25, -0.2) is 0 Å². The number of hydrogen-bond acceptors (Lipinski definition) is 3. The minimum atomic E-state index is -0.313. The molecule has 4 heteroatoms. The lowest BCUT2D eigenvalue weighted by Crippen LogP contribution is -2.18. The summed E-state index contributed by atoms with van der Waals surface area (Å²) in [6.07, 6.45) is 0. The minimum Gasteiger partial charge on any atom is -0.507 e. The quantitative estimate of drug-likeness (QED) is 0.807. The van der Waals surface area contributed by atoms with E-state index in [1.54, 1.807) is 25.1 Å². The second kappa shape index (κ2) is 6.41. The Balaban J connectivity index is 2.30. The number of hydrogen-bond donors (Lipinski definition) is 3. The molecule has 2 rings (SSSR count). The molecule has 0 aliphatic heterocycles. The van der Waals surface area contributed by atoms with Gasteiger partial charge >= 0.3 is 0 Å². The SMILES string of the molecule is CNC(C)c1ccccc1NC(=O)c1cccc(C)c1O. The Morgan fingerprint density at radius 3 is 2.57 bits per heavy atom. The fourth-order valence-corrected chi connectivity index (χ4v) is 2.18. The number of phenolic OH excluding ortho intramolecular Hbond substituents is 1. The van der Waals surface area contributed by atoms with Crippen molar-refractivity contribution in [2.24, 2.45) is 0 Å². The van der Waals surface area contributed by atoms with Crippen LogP contribution in [-0.2, 0) is 0 Å². The molecule has 0 aliphatic rings. The van der Waals surface area contributed by atoms with E-state index >= 15 is 0 Å². The molecule has 2 aromatic rings. The molecule has 3 N–H and O–H groups in total. The molecule has 1 atom stereocenters. The van der Waals surface area contributed by atoms with E-state index < -0.39 is 0 Å². The molecule has 1 unspecified atom stereocenters. The second-order valence-electron chi connectivity index (χ2n) is 5.02. The summed E-state index contributed by atoms with van der Waals surface area (Å²) >= 11 is 0. The van der Waals surface area contributed by atoms with Gasteiger partial charge in [-0.3, -0.25) is 4.79 Å². The molecular formula is C17H20N2O2. The molecule has 21 heavy (non-hydrogen) atoms. The molecule has 0 radical (unpaired) electrons. The highest BCUT2D eigenvalue weighted by atomic mass is 16.3. The third kappa shape index (κ3) is 3.23. The van der Waals surface area contributed by atoms with Crippen LogP contribution in [0.1, 0.15) is 34.5 Å². The zero-order chi connectivity index (χ0) is 15.4. The van der Waals surface area contributed by atoms with Crippen LogP contribution in [0, 0.1) is 6.92 Å². The number of para-hydroxylation sites is 2. The van der Waals surface area contributed by atoms with Crippen molar-refractivity contribution in [3.05, 3.63) is 59.2 Å². The molecule has 0 heterocycles. The van der Waals surface area contributed by atoms with E-state index in [2.05, 4.69) is 10.6 Å². The van der Waals surface area contributed by atoms with Gasteiger partial charge in [-0.2, -0.15) is 0 Å². The molecule has 110 valence electrons. The van der Waals surface area contributed by atoms with Crippen molar-refractivity contribution in [1.82, 2.24) is 5.32 Å². The van der Waals surface area contributed by atoms with Gasteiger partial charge in [0, 0.05) is 11.7 Å². The molecule has 0 saturated carbocycles. The molecule has 0 aliphatic carbocycles. The van der Waals surface area contributed by atoms with Gasteiger partial charge in [0.2, 0.25) is 0 Å². The van der Waals surface area contributed by atoms with Crippen molar-refractivity contribution in [3.63, 3.8) is 0 Å². The third-order valence-electron chi connectivity index (χ3n) is 3.59. The van der Waals surface area contributed by atoms with E-state index in [-0.39, 0.29) is 23.3 Å². The van der Waals surface area contributed by atoms with E-state index in [0.717, 1.165) is 11.3 Å². The van der Waals surface area contributed by atoms with Gasteiger partial charge in [-0.1, -0.05) is 30.3 Å². The number of rotatable bonds is 4. The molecule has 0 aromatic heterocycles. The van der Waals surface area contributed by atoms with Gasteiger partial charge in [-0.15, -0.1) is 0 Å². The van der Waals surface area contributed by atoms with Crippen molar-refractivity contribution in [2.75, 3.05) is 12.4 Å². The lowest BCUT2D eigenvalue weighted by Gasteiger charge is -2.16. The summed E-state index contributed by atoms with van der Waals surface area (Å²) in [5.74, 6) is -0.291. The minimum absolute atomic E-state index is 0.0224. The number of nitrogens with one attached hydrogen (secondary N) is 2. The summed E-state index contributed by atoms with van der Waals surface area (Å²) in [4.78, 5) is 12.4. The van der Waals surface area contributed by atoms with Crippen LogP contribution in [0.2, 0.25) is 0 Å². The number of benzene rings is 2. The zero-order valence-electron chi connectivity index (χ0n) is 12.5. The standard InChI is InChI=1S/C17H20N2O2/c1-11-7-6-9-14(16(11)20)17(21)19-15-10-5-4-8-13(15)12(2)18-3/h4-10,12,18,20H,1-3H3,(H,19,21). The number of carbonyl (C=O) groups is 1. The van der Waals surface area contributed by atoms with E-state index in [4.69, 9.17) is 0 Å². The van der Waals surface area contributed by atoms with Gasteiger partial charge in [0.15, 0.2) is 0 Å². The molecule has 1 amide bonds. The average molecular weight is 284 g/mol. The van der Waals surface area contributed by atoms with Crippen molar-refractivity contribution in [1.29, 1.82) is 0 Å². The molecular weight excluding hydrogens is 264 g/mol. The summed E-state index contributed by atoms with van der Waals surface area (Å²) in [6.45, 7) is 3.79. The number of aromatic hydroxyl groups is 1. The monoisotopic (exact) mass is 284 g/mol. The van der Waals surface area contributed by atoms with Crippen molar-refractivity contribution >= 4 is 11.6 Å². The van der Waals surface area contributed by atoms with E-state index in [0.29, 0.717) is 5.56 Å². The van der Waals surface area contributed by atoms with Crippen molar-refractivity contribution in [3.8, 4) is 5.75 Å². The van der Waals surface area contributed by atoms with Crippen LogP contribution in [0.15, 0.2) is 42.5 Å². The predicted octanol–water partition coefficient (Wildman–Crippen LogP) is 3.23. The Bertz CT molecular complexity index is 653. The topological polar surface area (TPSA) is 61.4 Å². The largest absolute Gasteiger partial charge is 0.507 e. The van der Waals surface area contributed by atoms with Gasteiger partial charge in [0.1, 0.15) is 5.75 Å². The molecule has 0 bridgehead atoms. The zero-order valence-corrected chi connectivity index (χ0v) is 12.5. The maximum absolute atomic E-state index is 12.4. The highest BCUT2D eigenvalue weighted by molar-refractivity contribution is 6.06. The molecule has 0 saturated heterocycles. The number of aryl methyl sites for hydroxylation is 1. The normalized spacial score (nSPS) is 12.0. The van der Waals surface area contributed by atoms with Gasteiger partial charge in [-0.05, 0) is 44.2 Å². The Labute approximate surface area is 124 Å². The first-order valence-electron chi connectivity index (χ1n) is 6.90. The van der Waals surface area contributed by atoms with Gasteiger partial charge in [0.05, 0.1) is 5.56 Å². The number of phenols is 1. The first-order chi connectivity index (χ1) is 10.0. The van der Waals surface area contributed by atoms with Crippen LogP contribution < -0.4 is 10.6 Å². The van der Waals surface area contributed by atoms with Crippen LogP contribution in [0.3, 0.4) is 0 Å². The maximum atomic E-state index is 12.4. The van der Waals surface area contributed by atoms with E-state index in [1.807, 2.05) is 38.2 Å². The molecule has 2 aromatic carbocycles. The fraction of sp³-hybridized carbons (Fsp3) is 0.235. The van der Waals surface area contributed by atoms with Crippen LogP contribution in [-0.4, -0.2) is 18.1 Å². The molecule has 4 nitrogen and oxygen atoms in total. The summed E-state index contributed by atoms with van der Waals surface area (Å²) in [7, 11) is 1.87. The molecule has 0 fully saturated rings. The van der Waals surface area contributed by atoms with Crippen LogP contribution >= 0.6 is 0 Å². The van der Waals surface area contributed by atoms with Gasteiger partial charge in [0.25, 0.3) is 5.91 Å². The van der Waals surface area contributed by atoms with Gasteiger partial charge < -0.3 is 15.7 Å². The first-order valence-corrected chi connectivity index (χ1v) is 6.90. The lowest BCUT2D eigenvalue weighted by molar-refractivity contribution is 0.102. The fourth-order valence-electron chi connectivity index (χ4n) is 2.18. The van der Waals surface area contributed by atoms with Crippen LogP contribution in [0.4, 0.5) is 5.69 Å². The first kappa shape index (κ1) is 15.1. The predicted molar refractivity (Wildman–Crippen MR) is 84.7 cm³/mol. The van der Waals surface area contributed by atoms with E-state index in [1.165, 1.54) is 0 Å². The summed E-state index contributed by atoms with van der Waals surface area (Å²) < 4.78 is 0.